The number of likely N-dealkylation sites (N-methyl/N-ethyl adjacent to an activating group) is 1. The lowest BCUT2D eigenvalue weighted by Crippen LogP contribution is -2.55. The fraction of sp³-hybridized carbons (Fsp3) is 0.913. The molecule has 4 saturated heterocycles. The van der Waals surface area contributed by atoms with E-state index in [-0.39, 0.29) is 12.0 Å². The molecule has 0 aromatic rings. The number of ether oxygens (including phenoxy) is 1. The van der Waals surface area contributed by atoms with E-state index in [0.29, 0.717) is 31.1 Å². The minimum atomic E-state index is 0.113. The van der Waals surface area contributed by atoms with E-state index in [9.17, 15) is 9.59 Å². The van der Waals surface area contributed by atoms with Gasteiger partial charge in [-0.2, -0.15) is 0 Å². The van der Waals surface area contributed by atoms with Crippen molar-refractivity contribution in [2.24, 2.45) is 5.92 Å². The van der Waals surface area contributed by atoms with Gasteiger partial charge in [0.2, 0.25) is 11.8 Å². The maximum Gasteiger partial charge on any atom is 0.239 e. The summed E-state index contributed by atoms with van der Waals surface area (Å²) in [5, 5.41) is 0. The highest BCUT2D eigenvalue weighted by atomic mass is 16.5. The topological polar surface area (TPSA) is 56.3 Å². The fourth-order valence-electron chi connectivity index (χ4n) is 5.86. The predicted molar refractivity (Wildman–Crippen MR) is 116 cm³/mol. The Bertz CT molecular complexity index is 579. The maximum atomic E-state index is 13.1. The van der Waals surface area contributed by atoms with Crippen LogP contribution in [0.15, 0.2) is 0 Å². The van der Waals surface area contributed by atoms with Crippen LogP contribution >= 0.6 is 0 Å². The van der Waals surface area contributed by atoms with E-state index in [1.807, 2.05) is 4.90 Å². The third kappa shape index (κ3) is 5.00. The molecule has 0 saturated carbocycles. The second-order valence-corrected chi connectivity index (χ2v) is 9.44. The van der Waals surface area contributed by atoms with Crippen LogP contribution in [-0.4, -0.2) is 109 Å². The first kappa shape index (κ1) is 22.0. The maximum absolute atomic E-state index is 13.1. The van der Waals surface area contributed by atoms with Gasteiger partial charge < -0.3 is 19.4 Å². The second kappa shape index (κ2) is 10.4. The van der Waals surface area contributed by atoms with Crippen molar-refractivity contribution in [3.05, 3.63) is 0 Å². The van der Waals surface area contributed by atoms with Gasteiger partial charge in [-0.05, 0) is 64.7 Å². The number of carbonyl (C=O) groups is 2. The summed E-state index contributed by atoms with van der Waals surface area (Å²) in [6.07, 6.45) is 7.54. The zero-order valence-corrected chi connectivity index (χ0v) is 18.8. The summed E-state index contributed by atoms with van der Waals surface area (Å²) in [7, 11) is 0. The second-order valence-electron chi connectivity index (χ2n) is 9.44. The summed E-state index contributed by atoms with van der Waals surface area (Å²) in [5.41, 5.74) is 0. The predicted octanol–water partition coefficient (Wildman–Crippen LogP) is 1.42. The molecule has 0 bridgehead atoms. The molecule has 0 aromatic carbocycles. The Hall–Kier alpha value is -1.18. The molecule has 4 fully saturated rings. The van der Waals surface area contributed by atoms with E-state index in [2.05, 4.69) is 21.6 Å². The molecule has 0 radical (unpaired) electrons. The van der Waals surface area contributed by atoms with Crippen molar-refractivity contribution < 1.29 is 14.3 Å². The van der Waals surface area contributed by atoms with Crippen molar-refractivity contribution >= 4 is 11.8 Å². The molecule has 7 nitrogen and oxygen atoms in total. The van der Waals surface area contributed by atoms with Crippen molar-refractivity contribution in [1.29, 1.82) is 0 Å². The molecule has 0 N–H and O–H groups in total. The minimum Gasteiger partial charge on any atom is -0.378 e. The summed E-state index contributed by atoms with van der Waals surface area (Å²) in [4.78, 5) is 34.9. The number of carbonyl (C=O) groups excluding carboxylic acids is 2. The van der Waals surface area contributed by atoms with Gasteiger partial charge in [0, 0.05) is 38.1 Å². The van der Waals surface area contributed by atoms with Crippen LogP contribution < -0.4 is 0 Å². The van der Waals surface area contributed by atoms with Gasteiger partial charge in [-0.3, -0.25) is 14.5 Å². The van der Waals surface area contributed by atoms with Gasteiger partial charge in [-0.1, -0.05) is 13.3 Å². The van der Waals surface area contributed by atoms with Gasteiger partial charge in [0.15, 0.2) is 0 Å². The molecular weight excluding hydrogens is 380 g/mol. The Kier molecular flexibility index (Phi) is 7.65. The summed E-state index contributed by atoms with van der Waals surface area (Å²) in [6.45, 7) is 10.9. The summed E-state index contributed by atoms with van der Waals surface area (Å²) >= 11 is 0. The van der Waals surface area contributed by atoms with E-state index in [1.54, 1.807) is 0 Å². The van der Waals surface area contributed by atoms with E-state index in [4.69, 9.17) is 4.74 Å². The van der Waals surface area contributed by atoms with Crippen molar-refractivity contribution in [2.75, 3.05) is 65.6 Å². The molecule has 7 heteroatoms. The number of likely N-dealkylation sites (tertiary alicyclic amines) is 3. The minimum absolute atomic E-state index is 0.113. The monoisotopic (exact) mass is 420 g/mol. The lowest BCUT2D eigenvalue weighted by molar-refractivity contribution is -0.142. The van der Waals surface area contributed by atoms with Gasteiger partial charge >= 0.3 is 0 Å². The van der Waals surface area contributed by atoms with Crippen LogP contribution in [0.3, 0.4) is 0 Å². The molecule has 2 amide bonds. The lowest BCUT2D eigenvalue weighted by atomic mass is 9.92. The molecule has 4 aliphatic heterocycles. The number of hydrogen-bond acceptors (Lipinski definition) is 5. The SMILES string of the molecule is CCN1CCCC[C@H]1C(=O)N1CCC(N2CCC(C(=O)N3CCOCC3)CC2)CC1. The van der Waals surface area contributed by atoms with Crippen molar-refractivity contribution in [3.63, 3.8) is 0 Å². The van der Waals surface area contributed by atoms with Crippen LogP contribution in [0.25, 0.3) is 0 Å². The van der Waals surface area contributed by atoms with Crippen molar-refractivity contribution in [1.82, 2.24) is 19.6 Å². The molecule has 0 spiro atoms. The zero-order chi connectivity index (χ0) is 20.9. The van der Waals surface area contributed by atoms with Crippen LogP contribution in [0.5, 0.6) is 0 Å². The number of morpholine rings is 1. The Morgan fingerprint density at radius 1 is 0.767 bits per heavy atom. The van der Waals surface area contributed by atoms with Crippen LogP contribution in [-0.2, 0) is 14.3 Å². The summed E-state index contributed by atoms with van der Waals surface area (Å²) < 4.78 is 5.38. The van der Waals surface area contributed by atoms with E-state index in [0.717, 1.165) is 84.5 Å². The highest BCUT2D eigenvalue weighted by Gasteiger charge is 2.36. The molecule has 30 heavy (non-hydrogen) atoms. The Balaban J connectivity index is 1.21. The van der Waals surface area contributed by atoms with Gasteiger partial charge in [-0.25, -0.2) is 0 Å². The first-order chi connectivity index (χ1) is 14.7. The number of piperidine rings is 3. The first-order valence-electron chi connectivity index (χ1n) is 12.3. The molecule has 4 rings (SSSR count). The molecule has 0 unspecified atom stereocenters. The van der Waals surface area contributed by atoms with Gasteiger partial charge in [0.1, 0.15) is 0 Å². The molecule has 0 aromatic heterocycles. The van der Waals surface area contributed by atoms with Crippen LogP contribution in [0.2, 0.25) is 0 Å². The number of amides is 2. The summed E-state index contributed by atoms with van der Waals surface area (Å²) in [5.74, 6) is 0.892. The lowest BCUT2D eigenvalue weighted by Gasteiger charge is -2.44. The van der Waals surface area contributed by atoms with Crippen LogP contribution in [0.1, 0.15) is 51.9 Å². The Morgan fingerprint density at radius 3 is 2.10 bits per heavy atom. The van der Waals surface area contributed by atoms with Crippen molar-refractivity contribution in [3.8, 4) is 0 Å². The highest BCUT2D eigenvalue weighted by Crippen LogP contribution is 2.27. The van der Waals surface area contributed by atoms with Crippen LogP contribution in [0, 0.1) is 5.92 Å². The highest BCUT2D eigenvalue weighted by molar-refractivity contribution is 5.82. The standard InChI is InChI=1S/C23H40N4O3/c1-2-24-10-4-3-5-21(24)23(29)26-13-8-20(9-14-26)25-11-6-19(7-12-25)22(28)27-15-17-30-18-16-27/h19-21H,2-18H2,1H3/t21-/m0/s1. The molecule has 4 aliphatic rings. The number of hydrogen-bond donors (Lipinski definition) is 0. The summed E-state index contributed by atoms with van der Waals surface area (Å²) in [6, 6.07) is 0.685. The number of rotatable bonds is 4. The third-order valence-electron chi connectivity index (χ3n) is 7.80. The van der Waals surface area contributed by atoms with Gasteiger partial charge in [0.25, 0.3) is 0 Å². The quantitative estimate of drug-likeness (QED) is 0.689. The number of nitrogens with zero attached hydrogens (tertiary/aromatic N) is 4. The normalized spacial score (nSPS) is 28.6. The third-order valence-corrected chi connectivity index (χ3v) is 7.80. The van der Waals surface area contributed by atoms with E-state index >= 15 is 0 Å². The zero-order valence-electron chi connectivity index (χ0n) is 18.8. The Labute approximate surface area is 181 Å². The molecule has 1 atom stereocenters. The average Bonchev–Trinajstić information content (AvgIpc) is 2.84. The largest absolute Gasteiger partial charge is 0.378 e. The molecule has 170 valence electrons. The van der Waals surface area contributed by atoms with Crippen LogP contribution in [0.4, 0.5) is 0 Å². The van der Waals surface area contributed by atoms with Crippen molar-refractivity contribution in [2.45, 2.75) is 64.0 Å². The van der Waals surface area contributed by atoms with E-state index in [1.165, 1.54) is 12.8 Å². The Morgan fingerprint density at radius 2 is 1.43 bits per heavy atom. The smallest absolute Gasteiger partial charge is 0.239 e. The van der Waals surface area contributed by atoms with Gasteiger partial charge in [-0.15, -0.1) is 0 Å². The molecular formula is C23H40N4O3. The van der Waals surface area contributed by atoms with E-state index < -0.39 is 0 Å². The first-order valence-corrected chi connectivity index (χ1v) is 12.3. The molecule has 4 heterocycles. The molecule has 0 aliphatic carbocycles. The van der Waals surface area contributed by atoms with Gasteiger partial charge in [0.05, 0.1) is 19.3 Å². The fourth-order valence-corrected chi connectivity index (χ4v) is 5.86. The average molecular weight is 421 g/mol.